The van der Waals surface area contributed by atoms with Crippen molar-refractivity contribution in [3.05, 3.63) is 58.1 Å². The topological polar surface area (TPSA) is 97.1 Å². The first kappa shape index (κ1) is 20.1. The number of carbonyl (C=O) groups is 2. The van der Waals surface area contributed by atoms with Gasteiger partial charge in [0.05, 0.1) is 5.75 Å². The molecule has 144 valence electrons. The van der Waals surface area contributed by atoms with Crippen molar-refractivity contribution in [3.8, 4) is 11.5 Å². The smallest absolute Gasteiger partial charge is 0.325 e. The average molecular weight is 461 g/mol. The second-order valence-electron chi connectivity index (χ2n) is 5.99. The molecule has 3 aromatic rings. The van der Waals surface area contributed by atoms with E-state index in [-0.39, 0.29) is 11.0 Å². The van der Waals surface area contributed by atoms with E-state index in [0.717, 1.165) is 32.9 Å². The number of rotatable bonds is 5. The SMILES string of the molecule is Cc1ccc(NC(=O)NC(=O)CSc2nnc(-c3ccc(Br)cc3)o2)c(C)c1. The molecular weight excluding hydrogens is 444 g/mol. The molecule has 0 aliphatic heterocycles. The molecular formula is C19H17BrN4O3S. The van der Waals surface area contributed by atoms with E-state index in [9.17, 15) is 9.59 Å². The van der Waals surface area contributed by atoms with Crippen molar-refractivity contribution in [2.45, 2.75) is 19.1 Å². The third-order valence-corrected chi connectivity index (χ3v) is 5.05. The van der Waals surface area contributed by atoms with E-state index in [0.29, 0.717) is 11.6 Å². The number of imide groups is 1. The number of halogens is 1. The summed E-state index contributed by atoms with van der Waals surface area (Å²) in [6.07, 6.45) is 0. The van der Waals surface area contributed by atoms with Gasteiger partial charge in [-0.1, -0.05) is 45.4 Å². The van der Waals surface area contributed by atoms with Crippen LogP contribution in [0.1, 0.15) is 11.1 Å². The van der Waals surface area contributed by atoms with Crippen LogP contribution in [-0.4, -0.2) is 27.9 Å². The van der Waals surface area contributed by atoms with Crippen LogP contribution in [0.15, 0.2) is 56.6 Å². The molecule has 0 saturated carbocycles. The molecule has 3 rings (SSSR count). The highest BCUT2D eigenvalue weighted by atomic mass is 79.9. The highest BCUT2D eigenvalue weighted by molar-refractivity contribution is 9.10. The Bertz CT molecular complexity index is 1000. The lowest BCUT2D eigenvalue weighted by atomic mass is 10.1. The highest BCUT2D eigenvalue weighted by Crippen LogP contribution is 2.24. The van der Waals surface area contributed by atoms with Crippen LogP contribution in [0, 0.1) is 13.8 Å². The normalized spacial score (nSPS) is 10.5. The van der Waals surface area contributed by atoms with Gasteiger partial charge in [0.2, 0.25) is 11.8 Å². The quantitative estimate of drug-likeness (QED) is 0.541. The number of carbonyl (C=O) groups excluding carboxylic acids is 2. The first-order valence-electron chi connectivity index (χ1n) is 8.31. The van der Waals surface area contributed by atoms with Crippen molar-refractivity contribution in [1.29, 1.82) is 0 Å². The predicted octanol–water partition coefficient (Wildman–Crippen LogP) is 4.56. The van der Waals surface area contributed by atoms with Gasteiger partial charge in [-0.15, -0.1) is 10.2 Å². The van der Waals surface area contributed by atoms with Crippen molar-refractivity contribution in [2.75, 3.05) is 11.1 Å². The fraction of sp³-hybridized carbons (Fsp3) is 0.158. The van der Waals surface area contributed by atoms with Crippen LogP contribution < -0.4 is 10.6 Å². The lowest BCUT2D eigenvalue weighted by Crippen LogP contribution is -2.35. The van der Waals surface area contributed by atoms with E-state index in [1.165, 1.54) is 0 Å². The van der Waals surface area contributed by atoms with Crippen LogP contribution in [0.25, 0.3) is 11.5 Å². The van der Waals surface area contributed by atoms with Gasteiger partial charge in [0.25, 0.3) is 5.22 Å². The zero-order valence-corrected chi connectivity index (χ0v) is 17.6. The van der Waals surface area contributed by atoms with Crippen LogP contribution in [0.4, 0.5) is 10.5 Å². The summed E-state index contributed by atoms with van der Waals surface area (Å²) in [6.45, 7) is 3.86. The molecule has 1 aromatic heterocycles. The molecule has 2 N–H and O–H groups in total. The standard InChI is InChI=1S/C19H17BrN4O3S/c1-11-3-8-15(12(2)9-11)21-18(26)22-16(25)10-28-19-24-23-17(27-19)13-4-6-14(20)7-5-13/h3-9H,10H2,1-2H3,(H2,21,22,25,26). The lowest BCUT2D eigenvalue weighted by Gasteiger charge is -2.09. The number of amides is 3. The second-order valence-corrected chi connectivity index (χ2v) is 7.83. The van der Waals surface area contributed by atoms with Crippen LogP contribution in [0.5, 0.6) is 0 Å². The van der Waals surface area contributed by atoms with Crippen molar-refractivity contribution in [1.82, 2.24) is 15.5 Å². The molecule has 28 heavy (non-hydrogen) atoms. The second kappa shape index (κ2) is 9.03. The summed E-state index contributed by atoms with van der Waals surface area (Å²) < 4.78 is 6.48. The number of hydrogen-bond donors (Lipinski definition) is 2. The third-order valence-electron chi connectivity index (χ3n) is 3.71. The molecule has 0 aliphatic carbocycles. The van der Waals surface area contributed by atoms with E-state index in [1.807, 2.05) is 50.2 Å². The summed E-state index contributed by atoms with van der Waals surface area (Å²) in [5, 5.41) is 13.1. The number of anilines is 1. The van der Waals surface area contributed by atoms with Crippen molar-refractivity contribution < 1.29 is 14.0 Å². The van der Waals surface area contributed by atoms with Gasteiger partial charge in [-0.05, 0) is 49.7 Å². The molecule has 0 saturated heterocycles. The van der Waals surface area contributed by atoms with Crippen LogP contribution in [0.2, 0.25) is 0 Å². The first-order valence-corrected chi connectivity index (χ1v) is 10.1. The number of nitrogens with one attached hydrogen (secondary N) is 2. The van der Waals surface area contributed by atoms with Gasteiger partial charge in [0, 0.05) is 15.7 Å². The summed E-state index contributed by atoms with van der Waals surface area (Å²) >= 11 is 4.42. The lowest BCUT2D eigenvalue weighted by molar-refractivity contribution is -0.117. The number of aryl methyl sites for hydroxylation is 2. The molecule has 3 amide bonds. The molecule has 0 radical (unpaired) electrons. The molecule has 7 nitrogen and oxygen atoms in total. The van der Waals surface area contributed by atoms with Gasteiger partial charge in [0.1, 0.15) is 0 Å². The third kappa shape index (κ3) is 5.43. The largest absolute Gasteiger partial charge is 0.411 e. The Labute approximate surface area is 174 Å². The molecule has 0 fully saturated rings. The summed E-state index contributed by atoms with van der Waals surface area (Å²) in [5.41, 5.74) is 3.45. The number of nitrogens with zero attached hydrogens (tertiary/aromatic N) is 2. The van der Waals surface area contributed by atoms with Crippen molar-refractivity contribution >= 4 is 45.3 Å². The Balaban J connectivity index is 1.50. The number of hydrogen-bond acceptors (Lipinski definition) is 6. The average Bonchev–Trinajstić information content (AvgIpc) is 3.12. The maximum absolute atomic E-state index is 12.0. The molecule has 0 atom stereocenters. The summed E-state index contributed by atoms with van der Waals surface area (Å²) in [5.74, 6) is -0.124. The monoisotopic (exact) mass is 460 g/mol. The van der Waals surface area contributed by atoms with Crippen LogP contribution >= 0.6 is 27.7 Å². The molecule has 9 heteroatoms. The molecule has 0 aliphatic rings. The summed E-state index contributed by atoms with van der Waals surface area (Å²) in [4.78, 5) is 24.0. The van der Waals surface area contributed by atoms with Gasteiger partial charge >= 0.3 is 6.03 Å². The fourth-order valence-electron chi connectivity index (χ4n) is 2.37. The number of benzene rings is 2. The van der Waals surface area contributed by atoms with Gasteiger partial charge in [0.15, 0.2) is 0 Å². The molecule has 0 bridgehead atoms. The van der Waals surface area contributed by atoms with Gasteiger partial charge in [-0.3, -0.25) is 10.1 Å². The Hall–Kier alpha value is -2.65. The highest BCUT2D eigenvalue weighted by Gasteiger charge is 2.13. The van der Waals surface area contributed by atoms with E-state index in [1.54, 1.807) is 6.07 Å². The van der Waals surface area contributed by atoms with E-state index in [2.05, 4.69) is 36.8 Å². The molecule has 2 aromatic carbocycles. The minimum atomic E-state index is -0.585. The molecule has 0 unspecified atom stereocenters. The van der Waals surface area contributed by atoms with Crippen molar-refractivity contribution in [3.63, 3.8) is 0 Å². The van der Waals surface area contributed by atoms with Gasteiger partial charge in [-0.2, -0.15) is 0 Å². The minimum absolute atomic E-state index is 0.0255. The van der Waals surface area contributed by atoms with Crippen molar-refractivity contribution in [2.24, 2.45) is 0 Å². The van der Waals surface area contributed by atoms with Crippen LogP contribution in [-0.2, 0) is 4.79 Å². The Morgan fingerprint density at radius 2 is 1.86 bits per heavy atom. The minimum Gasteiger partial charge on any atom is -0.411 e. The van der Waals surface area contributed by atoms with E-state index in [4.69, 9.17) is 4.42 Å². The van der Waals surface area contributed by atoms with Gasteiger partial charge in [-0.25, -0.2) is 4.79 Å². The zero-order valence-electron chi connectivity index (χ0n) is 15.2. The fourth-order valence-corrected chi connectivity index (χ4v) is 3.20. The zero-order chi connectivity index (χ0) is 20.1. The predicted molar refractivity (Wildman–Crippen MR) is 111 cm³/mol. The maximum Gasteiger partial charge on any atom is 0.325 e. The Morgan fingerprint density at radius 1 is 1.11 bits per heavy atom. The summed E-state index contributed by atoms with van der Waals surface area (Å²) in [6, 6.07) is 12.5. The van der Waals surface area contributed by atoms with Gasteiger partial charge < -0.3 is 9.73 Å². The first-order chi connectivity index (χ1) is 13.4. The number of aromatic nitrogens is 2. The van der Waals surface area contributed by atoms with E-state index >= 15 is 0 Å². The Kier molecular flexibility index (Phi) is 6.48. The summed E-state index contributed by atoms with van der Waals surface area (Å²) in [7, 11) is 0. The maximum atomic E-state index is 12.0. The Morgan fingerprint density at radius 3 is 2.57 bits per heavy atom. The number of urea groups is 1. The van der Waals surface area contributed by atoms with Crippen LogP contribution in [0.3, 0.4) is 0 Å². The molecule has 1 heterocycles. The number of thioether (sulfide) groups is 1. The molecule has 0 spiro atoms. The van der Waals surface area contributed by atoms with E-state index < -0.39 is 11.9 Å².